The summed E-state index contributed by atoms with van der Waals surface area (Å²) in [5, 5.41) is 1.20. The van der Waals surface area contributed by atoms with Crippen LogP contribution >= 0.6 is 0 Å². The van der Waals surface area contributed by atoms with Crippen LogP contribution in [0.4, 0.5) is 5.69 Å². The second-order valence-electron chi connectivity index (χ2n) is 5.94. The highest BCUT2D eigenvalue weighted by atomic mass is 16.5. The van der Waals surface area contributed by atoms with Crippen molar-refractivity contribution in [2.75, 3.05) is 18.1 Å². The molecule has 1 aliphatic rings. The van der Waals surface area contributed by atoms with Crippen molar-refractivity contribution in [1.82, 2.24) is 4.98 Å². The first kappa shape index (κ1) is 14.1. The average Bonchev–Trinajstić information content (AvgIpc) is 2.82. The van der Waals surface area contributed by atoms with Crippen LogP contribution in [0.3, 0.4) is 0 Å². The lowest BCUT2D eigenvalue weighted by Gasteiger charge is -2.21. The Hall–Kier alpha value is -2.55. The number of nitrogens with zero attached hydrogens (tertiary/aromatic N) is 2. The summed E-state index contributed by atoms with van der Waals surface area (Å²) in [5.74, 6) is 0.778. The topological polar surface area (TPSA) is 25.4 Å². The van der Waals surface area contributed by atoms with Gasteiger partial charge >= 0.3 is 0 Å². The monoisotopic (exact) mass is 304 g/mol. The third kappa shape index (κ3) is 2.74. The Kier molecular flexibility index (Phi) is 3.62. The van der Waals surface area contributed by atoms with E-state index in [1.54, 1.807) is 0 Å². The summed E-state index contributed by atoms with van der Waals surface area (Å²) < 4.78 is 5.91. The number of ether oxygens (including phenoxy) is 1. The van der Waals surface area contributed by atoms with Gasteiger partial charge in [-0.3, -0.25) is 0 Å². The molecule has 0 radical (unpaired) electrons. The third-order valence-electron chi connectivity index (χ3n) is 4.41. The highest BCUT2D eigenvalue weighted by molar-refractivity contribution is 5.81. The number of anilines is 1. The maximum absolute atomic E-state index is 5.91. The molecule has 0 N–H and O–H groups in total. The van der Waals surface area contributed by atoms with Crippen LogP contribution in [-0.4, -0.2) is 18.1 Å². The van der Waals surface area contributed by atoms with Crippen molar-refractivity contribution in [3.05, 3.63) is 65.7 Å². The van der Waals surface area contributed by atoms with Crippen LogP contribution in [0.5, 0.6) is 5.88 Å². The molecule has 1 aromatic heterocycles. The highest BCUT2D eigenvalue weighted by Crippen LogP contribution is 2.28. The fraction of sp³-hybridized carbons (Fsp3) is 0.250. The van der Waals surface area contributed by atoms with Gasteiger partial charge in [0.15, 0.2) is 0 Å². The Bertz CT molecular complexity index is 830. The van der Waals surface area contributed by atoms with Crippen LogP contribution in [0, 0.1) is 0 Å². The quantitative estimate of drug-likeness (QED) is 0.709. The maximum atomic E-state index is 5.91. The van der Waals surface area contributed by atoms with E-state index in [1.807, 2.05) is 6.07 Å². The first-order valence-electron chi connectivity index (χ1n) is 8.19. The van der Waals surface area contributed by atoms with Gasteiger partial charge in [0.1, 0.15) is 6.61 Å². The molecule has 0 saturated heterocycles. The number of hydrogen-bond acceptors (Lipinski definition) is 3. The molecule has 3 aromatic rings. The molecule has 0 fully saturated rings. The SMILES string of the molecule is CCc1ccc2nc3c(cc2c1)CN(c1ccccc1)CCO3. The standard InChI is InChI=1S/C20H20N2O/c1-2-15-8-9-19-16(12-15)13-17-14-22(10-11-23-20(17)21-19)18-6-4-3-5-7-18/h3-9,12-13H,2,10-11,14H2,1H3. The summed E-state index contributed by atoms with van der Waals surface area (Å²) in [7, 11) is 0. The van der Waals surface area contributed by atoms with Gasteiger partial charge in [-0.05, 0) is 42.3 Å². The molecular weight excluding hydrogens is 284 g/mol. The molecule has 3 nitrogen and oxygen atoms in total. The fourth-order valence-corrected chi connectivity index (χ4v) is 3.11. The molecule has 2 heterocycles. The van der Waals surface area contributed by atoms with E-state index in [2.05, 4.69) is 60.4 Å². The molecule has 3 heteroatoms. The number of fused-ring (bicyclic) bond motifs is 2. The largest absolute Gasteiger partial charge is 0.476 e. The Morgan fingerprint density at radius 2 is 1.96 bits per heavy atom. The van der Waals surface area contributed by atoms with Crippen LogP contribution < -0.4 is 9.64 Å². The lowest BCUT2D eigenvalue weighted by atomic mass is 10.1. The summed E-state index contributed by atoms with van der Waals surface area (Å²) >= 11 is 0. The number of hydrogen-bond donors (Lipinski definition) is 0. The predicted molar refractivity (Wildman–Crippen MR) is 94.1 cm³/mol. The van der Waals surface area contributed by atoms with Gasteiger partial charge in [0, 0.05) is 23.2 Å². The number of rotatable bonds is 2. The zero-order valence-electron chi connectivity index (χ0n) is 13.3. The minimum atomic E-state index is 0.660. The van der Waals surface area contributed by atoms with Crippen LogP contribution in [-0.2, 0) is 13.0 Å². The van der Waals surface area contributed by atoms with Crippen molar-refractivity contribution < 1.29 is 4.74 Å². The summed E-state index contributed by atoms with van der Waals surface area (Å²) in [4.78, 5) is 7.08. The molecule has 4 rings (SSSR count). The van der Waals surface area contributed by atoms with Crippen LogP contribution in [0.25, 0.3) is 10.9 Å². The molecule has 0 aliphatic carbocycles. The maximum Gasteiger partial charge on any atom is 0.219 e. The molecule has 116 valence electrons. The molecule has 0 bridgehead atoms. The Labute approximate surface area is 136 Å². The van der Waals surface area contributed by atoms with Gasteiger partial charge in [0.2, 0.25) is 5.88 Å². The van der Waals surface area contributed by atoms with E-state index < -0.39 is 0 Å². The third-order valence-corrected chi connectivity index (χ3v) is 4.41. The molecule has 0 amide bonds. The summed E-state index contributed by atoms with van der Waals surface area (Å²) in [5.41, 5.74) is 4.74. The number of pyridine rings is 1. The summed E-state index contributed by atoms with van der Waals surface area (Å²) in [6.45, 7) is 4.54. The normalized spacial score (nSPS) is 14.2. The van der Waals surface area contributed by atoms with E-state index in [-0.39, 0.29) is 0 Å². The second-order valence-corrected chi connectivity index (χ2v) is 5.94. The first-order chi connectivity index (χ1) is 11.3. The van der Waals surface area contributed by atoms with Crippen molar-refractivity contribution in [2.24, 2.45) is 0 Å². The lowest BCUT2D eigenvalue weighted by molar-refractivity contribution is 0.320. The summed E-state index contributed by atoms with van der Waals surface area (Å²) in [6, 6.07) is 19.2. The first-order valence-corrected chi connectivity index (χ1v) is 8.19. The lowest BCUT2D eigenvalue weighted by Crippen LogP contribution is -2.25. The molecule has 0 saturated carbocycles. The Morgan fingerprint density at radius 1 is 1.09 bits per heavy atom. The van der Waals surface area contributed by atoms with E-state index in [0.29, 0.717) is 6.61 Å². The Morgan fingerprint density at radius 3 is 2.78 bits per heavy atom. The van der Waals surface area contributed by atoms with Gasteiger partial charge in [-0.2, -0.15) is 0 Å². The predicted octanol–water partition coefficient (Wildman–Crippen LogP) is 4.20. The van der Waals surface area contributed by atoms with Crippen molar-refractivity contribution in [3.8, 4) is 5.88 Å². The fourth-order valence-electron chi connectivity index (χ4n) is 3.11. The molecule has 1 aliphatic heterocycles. The zero-order chi connectivity index (χ0) is 15.6. The van der Waals surface area contributed by atoms with Crippen LogP contribution in [0.1, 0.15) is 18.1 Å². The van der Waals surface area contributed by atoms with Gasteiger partial charge < -0.3 is 9.64 Å². The molecule has 0 atom stereocenters. The number of aryl methyl sites for hydroxylation is 1. The van der Waals surface area contributed by atoms with Gasteiger partial charge in [-0.1, -0.05) is 31.2 Å². The van der Waals surface area contributed by atoms with Gasteiger partial charge in [0.05, 0.1) is 12.1 Å². The van der Waals surface area contributed by atoms with Gasteiger partial charge in [-0.25, -0.2) is 4.98 Å². The number of aromatic nitrogens is 1. The van der Waals surface area contributed by atoms with E-state index in [4.69, 9.17) is 9.72 Å². The van der Waals surface area contributed by atoms with E-state index in [1.165, 1.54) is 16.6 Å². The average molecular weight is 304 g/mol. The zero-order valence-corrected chi connectivity index (χ0v) is 13.3. The smallest absolute Gasteiger partial charge is 0.219 e. The Balaban J connectivity index is 1.75. The van der Waals surface area contributed by atoms with Crippen LogP contribution in [0.15, 0.2) is 54.6 Å². The van der Waals surface area contributed by atoms with Crippen LogP contribution in [0.2, 0.25) is 0 Å². The van der Waals surface area contributed by atoms with Crippen molar-refractivity contribution in [1.29, 1.82) is 0 Å². The van der Waals surface area contributed by atoms with Crippen molar-refractivity contribution in [3.63, 3.8) is 0 Å². The van der Waals surface area contributed by atoms with Gasteiger partial charge in [-0.15, -0.1) is 0 Å². The minimum absolute atomic E-state index is 0.660. The molecular formula is C20H20N2O. The van der Waals surface area contributed by atoms with E-state index in [9.17, 15) is 0 Å². The second kappa shape index (κ2) is 5.92. The summed E-state index contributed by atoms with van der Waals surface area (Å²) in [6.07, 6.45) is 1.04. The number of para-hydroxylation sites is 1. The van der Waals surface area contributed by atoms with E-state index in [0.717, 1.165) is 36.5 Å². The molecule has 2 aromatic carbocycles. The molecule has 0 spiro atoms. The molecule has 23 heavy (non-hydrogen) atoms. The minimum Gasteiger partial charge on any atom is -0.476 e. The van der Waals surface area contributed by atoms with Crippen molar-refractivity contribution >= 4 is 16.6 Å². The molecule has 0 unspecified atom stereocenters. The van der Waals surface area contributed by atoms with Gasteiger partial charge in [0.25, 0.3) is 0 Å². The van der Waals surface area contributed by atoms with E-state index >= 15 is 0 Å². The van der Waals surface area contributed by atoms with Crippen molar-refractivity contribution in [2.45, 2.75) is 19.9 Å². The number of benzene rings is 2. The highest BCUT2D eigenvalue weighted by Gasteiger charge is 2.17.